The number of amides is 1. The second kappa shape index (κ2) is 6.31. The number of hydrogen-bond donors (Lipinski definition) is 0. The Kier molecular flexibility index (Phi) is 4.41. The molecule has 1 amide bonds. The fraction of sp³-hybridized carbons (Fsp3) is 0.235. The minimum absolute atomic E-state index is 0.0546. The van der Waals surface area contributed by atoms with Crippen LogP contribution in [0.2, 0.25) is 5.02 Å². The molecule has 1 heterocycles. The number of hydrogen-bond acceptors (Lipinski definition) is 2. The summed E-state index contributed by atoms with van der Waals surface area (Å²) in [6, 6.07) is 13.1. The van der Waals surface area contributed by atoms with E-state index in [9.17, 15) is 4.79 Å². The zero-order valence-corrected chi connectivity index (χ0v) is 14.4. The fourth-order valence-electron chi connectivity index (χ4n) is 2.60. The SMILES string of the molecule is CC(Oc1ccccc1Cl)C(=O)N1CCc2cc(Br)ccc21. The van der Waals surface area contributed by atoms with E-state index < -0.39 is 6.10 Å². The third-order valence-corrected chi connectivity index (χ3v) is 4.50. The van der Waals surface area contributed by atoms with Gasteiger partial charge in [0.2, 0.25) is 0 Å². The van der Waals surface area contributed by atoms with Crippen LogP contribution in [0, 0.1) is 0 Å². The number of benzene rings is 2. The van der Waals surface area contributed by atoms with Crippen LogP contribution in [-0.4, -0.2) is 18.6 Å². The van der Waals surface area contributed by atoms with E-state index in [2.05, 4.69) is 22.0 Å². The summed E-state index contributed by atoms with van der Waals surface area (Å²) in [6.45, 7) is 2.43. The van der Waals surface area contributed by atoms with E-state index in [0.717, 1.165) is 16.6 Å². The highest BCUT2D eigenvalue weighted by Gasteiger charge is 2.29. The highest BCUT2D eigenvalue weighted by Crippen LogP contribution is 2.32. The first kappa shape index (κ1) is 15.4. The van der Waals surface area contributed by atoms with Gasteiger partial charge in [-0.05, 0) is 49.2 Å². The van der Waals surface area contributed by atoms with Crippen molar-refractivity contribution in [1.29, 1.82) is 0 Å². The number of halogens is 2. The van der Waals surface area contributed by atoms with E-state index in [4.69, 9.17) is 16.3 Å². The minimum Gasteiger partial charge on any atom is -0.479 e. The molecule has 114 valence electrons. The first-order valence-electron chi connectivity index (χ1n) is 7.07. The summed E-state index contributed by atoms with van der Waals surface area (Å²) in [5, 5.41) is 0.507. The number of carbonyl (C=O) groups is 1. The second-order valence-corrected chi connectivity index (χ2v) is 6.53. The average Bonchev–Trinajstić information content (AvgIpc) is 2.91. The quantitative estimate of drug-likeness (QED) is 0.787. The molecule has 0 saturated carbocycles. The highest BCUT2D eigenvalue weighted by atomic mass is 79.9. The average molecular weight is 381 g/mol. The normalized spacial score (nSPS) is 14.6. The molecule has 1 unspecified atom stereocenters. The van der Waals surface area contributed by atoms with Gasteiger partial charge in [0.05, 0.1) is 5.02 Å². The number of carbonyl (C=O) groups excluding carboxylic acids is 1. The van der Waals surface area contributed by atoms with Gasteiger partial charge >= 0.3 is 0 Å². The lowest BCUT2D eigenvalue weighted by molar-refractivity contribution is -0.124. The van der Waals surface area contributed by atoms with E-state index in [0.29, 0.717) is 17.3 Å². The van der Waals surface area contributed by atoms with Crippen LogP contribution in [0.25, 0.3) is 0 Å². The lowest BCUT2D eigenvalue weighted by Crippen LogP contribution is -2.39. The van der Waals surface area contributed by atoms with Crippen LogP contribution in [-0.2, 0) is 11.2 Å². The van der Waals surface area contributed by atoms with E-state index in [-0.39, 0.29) is 5.91 Å². The first-order valence-corrected chi connectivity index (χ1v) is 8.24. The summed E-state index contributed by atoms with van der Waals surface area (Å²) >= 11 is 9.54. The van der Waals surface area contributed by atoms with Gasteiger partial charge in [0.15, 0.2) is 6.10 Å². The third-order valence-electron chi connectivity index (χ3n) is 3.69. The van der Waals surface area contributed by atoms with E-state index in [1.54, 1.807) is 24.0 Å². The Hall–Kier alpha value is -1.52. The summed E-state index contributed by atoms with van der Waals surface area (Å²) in [7, 11) is 0. The van der Waals surface area contributed by atoms with Crippen LogP contribution in [0.5, 0.6) is 5.75 Å². The summed E-state index contributed by atoms with van der Waals surface area (Å²) in [4.78, 5) is 14.4. The molecule has 2 aromatic carbocycles. The molecule has 0 saturated heterocycles. The van der Waals surface area contributed by atoms with E-state index in [1.807, 2.05) is 24.3 Å². The van der Waals surface area contributed by atoms with Crippen molar-refractivity contribution in [2.75, 3.05) is 11.4 Å². The van der Waals surface area contributed by atoms with E-state index >= 15 is 0 Å². The van der Waals surface area contributed by atoms with Crippen LogP contribution in [0.15, 0.2) is 46.9 Å². The molecule has 0 fully saturated rings. The van der Waals surface area contributed by atoms with Crippen LogP contribution in [0.4, 0.5) is 5.69 Å². The van der Waals surface area contributed by atoms with Crippen molar-refractivity contribution in [3.8, 4) is 5.75 Å². The lowest BCUT2D eigenvalue weighted by atomic mass is 10.2. The smallest absolute Gasteiger partial charge is 0.267 e. The number of nitrogens with zero attached hydrogens (tertiary/aromatic N) is 1. The number of fused-ring (bicyclic) bond motifs is 1. The van der Waals surface area contributed by atoms with Crippen molar-refractivity contribution >= 4 is 39.1 Å². The van der Waals surface area contributed by atoms with Gasteiger partial charge in [0, 0.05) is 16.7 Å². The van der Waals surface area contributed by atoms with Crippen LogP contribution in [0.3, 0.4) is 0 Å². The molecular weight excluding hydrogens is 366 g/mol. The topological polar surface area (TPSA) is 29.5 Å². The maximum atomic E-state index is 12.7. The van der Waals surface area contributed by atoms with Gasteiger partial charge in [0.1, 0.15) is 5.75 Å². The minimum atomic E-state index is -0.588. The van der Waals surface area contributed by atoms with Gasteiger partial charge in [-0.15, -0.1) is 0 Å². The van der Waals surface area contributed by atoms with Crippen molar-refractivity contribution in [1.82, 2.24) is 0 Å². The molecule has 2 aromatic rings. The standard InChI is InChI=1S/C17H15BrClNO2/c1-11(22-16-5-3-2-4-14(16)19)17(21)20-9-8-12-10-13(18)6-7-15(12)20/h2-7,10-11H,8-9H2,1H3. The molecule has 0 spiro atoms. The molecule has 0 aliphatic carbocycles. The van der Waals surface area contributed by atoms with Gasteiger partial charge < -0.3 is 9.64 Å². The van der Waals surface area contributed by atoms with Crippen LogP contribution >= 0.6 is 27.5 Å². The zero-order chi connectivity index (χ0) is 15.7. The molecule has 1 aliphatic heterocycles. The Labute approximate surface area is 143 Å². The van der Waals surface area contributed by atoms with E-state index in [1.165, 1.54) is 5.56 Å². The number of rotatable bonds is 3. The maximum Gasteiger partial charge on any atom is 0.267 e. The predicted molar refractivity (Wildman–Crippen MR) is 91.7 cm³/mol. The molecule has 0 aromatic heterocycles. The largest absolute Gasteiger partial charge is 0.479 e. The second-order valence-electron chi connectivity index (χ2n) is 5.20. The summed E-state index contributed by atoms with van der Waals surface area (Å²) in [5.74, 6) is 0.473. The van der Waals surface area contributed by atoms with Crippen molar-refractivity contribution < 1.29 is 9.53 Å². The Morgan fingerprint density at radius 3 is 2.86 bits per heavy atom. The molecule has 1 atom stereocenters. The fourth-order valence-corrected chi connectivity index (χ4v) is 3.19. The maximum absolute atomic E-state index is 12.7. The molecule has 3 rings (SSSR count). The van der Waals surface area contributed by atoms with Gasteiger partial charge in [-0.2, -0.15) is 0 Å². The Balaban J connectivity index is 1.77. The van der Waals surface area contributed by atoms with Gasteiger partial charge in [0.25, 0.3) is 5.91 Å². The monoisotopic (exact) mass is 379 g/mol. The van der Waals surface area contributed by atoms with Gasteiger partial charge in [-0.25, -0.2) is 0 Å². The summed E-state index contributed by atoms with van der Waals surface area (Å²) in [5.41, 5.74) is 2.13. The molecule has 3 nitrogen and oxygen atoms in total. The third kappa shape index (κ3) is 2.99. The van der Waals surface area contributed by atoms with Crippen LogP contribution in [0.1, 0.15) is 12.5 Å². The highest BCUT2D eigenvalue weighted by molar-refractivity contribution is 9.10. The van der Waals surface area contributed by atoms with Gasteiger partial charge in [-0.3, -0.25) is 4.79 Å². The Bertz CT molecular complexity index is 720. The predicted octanol–water partition coefficient (Wildman–Crippen LogP) is 4.46. The summed E-state index contributed by atoms with van der Waals surface area (Å²) < 4.78 is 6.75. The van der Waals surface area contributed by atoms with Crippen molar-refractivity contribution in [2.24, 2.45) is 0 Å². The molecular formula is C17H15BrClNO2. The van der Waals surface area contributed by atoms with Crippen molar-refractivity contribution in [3.05, 3.63) is 57.5 Å². The van der Waals surface area contributed by atoms with Gasteiger partial charge in [-0.1, -0.05) is 39.7 Å². The molecule has 1 aliphatic rings. The molecule has 22 heavy (non-hydrogen) atoms. The number of para-hydroxylation sites is 1. The lowest BCUT2D eigenvalue weighted by Gasteiger charge is -2.22. The van der Waals surface area contributed by atoms with Crippen molar-refractivity contribution in [2.45, 2.75) is 19.4 Å². The zero-order valence-electron chi connectivity index (χ0n) is 12.1. The number of anilines is 1. The Morgan fingerprint density at radius 1 is 1.32 bits per heavy atom. The molecule has 0 bridgehead atoms. The van der Waals surface area contributed by atoms with Crippen LogP contribution < -0.4 is 9.64 Å². The Morgan fingerprint density at radius 2 is 2.09 bits per heavy atom. The van der Waals surface area contributed by atoms with Crippen molar-refractivity contribution in [3.63, 3.8) is 0 Å². The molecule has 0 radical (unpaired) electrons. The first-order chi connectivity index (χ1) is 10.6. The molecule has 0 N–H and O–H groups in total. The summed E-state index contributed by atoms with van der Waals surface area (Å²) in [6.07, 6.45) is 0.272. The number of ether oxygens (including phenoxy) is 1. The molecule has 5 heteroatoms.